The first kappa shape index (κ1) is 21.8. The fourth-order valence-electron chi connectivity index (χ4n) is 3.16. The van der Waals surface area contributed by atoms with Crippen LogP contribution in [0, 0.1) is 12.7 Å². The summed E-state index contributed by atoms with van der Waals surface area (Å²) in [4.78, 5) is 24.9. The summed E-state index contributed by atoms with van der Waals surface area (Å²) < 4.78 is 19.2. The number of nitrogens with one attached hydrogen (secondary N) is 2. The third-order valence-electron chi connectivity index (χ3n) is 4.67. The molecule has 2 amide bonds. The number of anilines is 1. The number of carbonyl (C=O) groups is 2. The van der Waals surface area contributed by atoms with Crippen LogP contribution in [0.2, 0.25) is 5.02 Å². The van der Waals surface area contributed by atoms with Crippen LogP contribution in [0.5, 0.6) is 5.75 Å². The van der Waals surface area contributed by atoms with E-state index in [2.05, 4.69) is 10.6 Å². The predicted octanol–water partition coefficient (Wildman–Crippen LogP) is 3.67. The largest absolute Gasteiger partial charge is 0.489 e. The van der Waals surface area contributed by atoms with Gasteiger partial charge >= 0.3 is 0 Å². The number of ether oxygens (including phenoxy) is 1. The van der Waals surface area contributed by atoms with Crippen molar-refractivity contribution >= 4 is 29.1 Å². The molecule has 1 heterocycles. The van der Waals surface area contributed by atoms with Crippen LogP contribution in [0.1, 0.15) is 30.4 Å². The maximum atomic E-state index is 13.7. The Hall–Kier alpha value is -2.90. The van der Waals surface area contributed by atoms with E-state index < -0.39 is 23.7 Å². The number of carbonyl (C=O) groups excluding carboxylic acids is 2. The van der Waals surface area contributed by atoms with E-state index >= 15 is 0 Å². The van der Waals surface area contributed by atoms with Gasteiger partial charge in [0.25, 0.3) is 5.91 Å². The molecular formula is C22H22ClFN2O4. The number of hydrogen-bond donors (Lipinski definition) is 3. The highest BCUT2D eigenvalue weighted by atomic mass is 35.5. The van der Waals surface area contributed by atoms with Crippen molar-refractivity contribution in [2.24, 2.45) is 0 Å². The summed E-state index contributed by atoms with van der Waals surface area (Å²) in [7, 11) is 0. The Balaban J connectivity index is 1.86. The van der Waals surface area contributed by atoms with Crippen molar-refractivity contribution in [2.75, 3.05) is 11.9 Å². The highest BCUT2D eigenvalue weighted by Gasteiger charge is 2.29. The van der Waals surface area contributed by atoms with E-state index in [-0.39, 0.29) is 18.9 Å². The fourth-order valence-corrected chi connectivity index (χ4v) is 3.43. The summed E-state index contributed by atoms with van der Waals surface area (Å²) in [6.45, 7) is 3.41. The van der Waals surface area contributed by atoms with E-state index in [1.807, 2.05) is 0 Å². The summed E-state index contributed by atoms with van der Waals surface area (Å²) in [6, 6.07) is 9.08. The van der Waals surface area contributed by atoms with E-state index in [1.54, 1.807) is 38.1 Å². The van der Waals surface area contributed by atoms with Crippen molar-refractivity contribution in [2.45, 2.75) is 32.3 Å². The lowest BCUT2D eigenvalue weighted by Gasteiger charge is -2.24. The molecule has 1 aliphatic heterocycles. The van der Waals surface area contributed by atoms with Gasteiger partial charge < -0.3 is 20.5 Å². The Labute approximate surface area is 178 Å². The minimum absolute atomic E-state index is 0.0328. The average Bonchev–Trinajstić information content (AvgIpc) is 2.68. The second-order valence-electron chi connectivity index (χ2n) is 7.19. The van der Waals surface area contributed by atoms with Gasteiger partial charge in [-0.3, -0.25) is 9.59 Å². The number of benzene rings is 2. The molecule has 1 aliphatic rings. The number of amides is 2. The molecule has 3 N–H and O–H groups in total. The van der Waals surface area contributed by atoms with Crippen LogP contribution in [0.25, 0.3) is 0 Å². The number of aryl methyl sites for hydroxylation is 1. The first-order chi connectivity index (χ1) is 14.2. The van der Waals surface area contributed by atoms with Gasteiger partial charge in [-0.1, -0.05) is 23.7 Å². The van der Waals surface area contributed by atoms with Crippen molar-refractivity contribution in [3.8, 4) is 5.75 Å². The summed E-state index contributed by atoms with van der Waals surface area (Å²) in [5, 5.41) is 15.1. The van der Waals surface area contributed by atoms with Crippen molar-refractivity contribution in [1.82, 2.24) is 5.32 Å². The van der Waals surface area contributed by atoms with Gasteiger partial charge in [-0.15, -0.1) is 0 Å². The first-order valence-electron chi connectivity index (χ1n) is 9.42. The molecule has 6 nitrogen and oxygen atoms in total. The normalized spacial score (nSPS) is 17.0. The monoisotopic (exact) mass is 432 g/mol. The fraction of sp³-hybridized carbons (Fsp3) is 0.273. The molecule has 2 aromatic carbocycles. The molecule has 2 aromatic rings. The second kappa shape index (κ2) is 9.28. The van der Waals surface area contributed by atoms with Crippen molar-refractivity contribution in [3.63, 3.8) is 0 Å². The molecule has 0 saturated carbocycles. The molecule has 158 valence electrons. The zero-order valence-electron chi connectivity index (χ0n) is 16.5. The number of rotatable bonds is 6. The van der Waals surface area contributed by atoms with Crippen LogP contribution in [-0.2, 0) is 9.59 Å². The van der Waals surface area contributed by atoms with E-state index in [4.69, 9.17) is 16.3 Å². The average molecular weight is 433 g/mol. The van der Waals surface area contributed by atoms with Crippen LogP contribution in [0.4, 0.5) is 10.1 Å². The molecule has 0 aliphatic carbocycles. The zero-order chi connectivity index (χ0) is 21.8. The van der Waals surface area contributed by atoms with Crippen molar-refractivity contribution < 1.29 is 23.8 Å². The molecular weight excluding hydrogens is 411 g/mol. The van der Waals surface area contributed by atoms with Gasteiger partial charge in [0.05, 0.1) is 11.1 Å². The summed E-state index contributed by atoms with van der Waals surface area (Å²) >= 11 is 6.19. The smallest absolute Gasteiger partial charge is 0.253 e. The molecule has 0 radical (unpaired) electrons. The van der Waals surface area contributed by atoms with Crippen molar-refractivity contribution in [1.29, 1.82) is 0 Å². The topological polar surface area (TPSA) is 87.7 Å². The zero-order valence-corrected chi connectivity index (χ0v) is 17.3. The quantitative estimate of drug-likeness (QED) is 0.650. The Bertz CT molecular complexity index is 1010. The van der Waals surface area contributed by atoms with Gasteiger partial charge in [-0.25, -0.2) is 4.39 Å². The maximum absolute atomic E-state index is 13.7. The SMILES string of the molecule is Cc1cc(Cl)c(OC[C@H](C)O)cc1NC(=O)C1=CNC(=O)CC1c1cccc(F)c1. The summed E-state index contributed by atoms with van der Waals surface area (Å²) in [5.41, 5.74) is 2.03. The minimum atomic E-state index is -0.677. The van der Waals surface area contributed by atoms with Crippen LogP contribution in [0.3, 0.4) is 0 Å². The summed E-state index contributed by atoms with van der Waals surface area (Å²) in [5.74, 6) is -1.38. The number of aliphatic hydroxyl groups is 1. The van der Waals surface area contributed by atoms with E-state index in [0.29, 0.717) is 33.2 Å². The Kier molecular flexibility index (Phi) is 6.74. The van der Waals surface area contributed by atoms with Crippen LogP contribution in [0.15, 0.2) is 48.2 Å². The highest BCUT2D eigenvalue weighted by Crippen LogP contribution is 2.34. The Morgan fingerprint density at radius 2 is 2.17 bits per heavy atom. The third-order valence-corrected chi connectivity index (χ3v) is 4.97. The van der Waals surface area contributed by atoms with Gasteiger partial charge in [0.2, 0.25) is 5.91 Å². The molecule has 0 saturated heterocycles. The summed E-state index contributed by atoms with van der Waals surface area (Å²) in [6.07, 6.45) is 0.709. The molecule has 0 aromatic heterocycles. The van der Waals surface area contributed by atoms with E-state index in [0.717, 1.165) is 0 Å². The molecule has 8 heteroatoms. The standard InChI is InChI=1S/C22H22ClFN2O4/c1-12-6-18(23)20(30-11-13(2)27)9-19(12)26-22(29)17-10-25-21(28)8-16(17)14-4-3-5-15(24)7-14/h3-7,9-10,13,16,27H,8,11H2,1-2H3,(H,25,28)(H,26,29)/t13-,16?/m0/s1. The first-order valence-corrected chi connectivity index (χ1v) is 9.79. The highest BCUT2D eigenvalue weighted by molar-refractivity contribution is 6.32. The Morgan fingerprint density at radius 1 is 1.40 bits per heavy atom. The van der Waals surface area contributed by atoms with Gasteiger partial charge in [0.1, 0.15) is 18.2 Å². The lowest BCUT2D eigenvalue weighted by atomic mass is 9.86. The molecule has 1 unspecified atom stereocenters. The molecule has 2 atom stereocenters. The minimum Gasteiger partial charge on any atom is -0.489 e. The third kappa shape index (κ3) is 5.17. The van der Waals surface area contributed by atoms with Gasteiger partial charge in [0.15, 0.2) is 0 Å². The van der Waals surface area contributed by atoms with Crippen molar-refractivity contribution in [3.05, 3.63) is 70.1 Å². The lowest BCUT2D eigenvalue weighted by molar-refractivity contribution is -0.121. The van der Waals surface area contributed by atoms with Gasteiger partial charge in [-0.2, -0.15) is 0 Å². The lowest BCUT2D eigenvalue weighted by Crippen LogP contribution is -2.32. The molecule has 3 rings (SSSR count). The molecule has 30 heavy (non-hydrogen) atoms. The van der Waals surface area contributed by atoms with Crippen LogP contribution < -0.4 is 15.4 Å². The van der Waals surface area contributed by atoms with E-state index in [1.165, 1.54) is 18.3 Å². The maximum Gasteiger partial charge on any atom is 0.253 e. The number of halogens is 2. The van der Waals surface area contributed by atoms with E-state index in [9.17, 15) is 19.1 Å². The van der Waals surface area contributed by atoms with Gasteiger partial charge in [-0.05, 0) is 43.2 Å². The second-order valence-corrected chi connectivity index (χ2v) is 7.60. The molecule has 0 bridgehead atoms. The molecule has 0 spiro atoms. The number of aliphatic hydroxyl groups excluding tert-OH is 1. The number of hydrogen-bond acceptors (Lipinski definition) is 4. The van der Waals surface area contributed by atoms with Crippen LogP contribution in [-0.4, -0.2) is 29.6 Å². The molecule has 0 fully saturated rings. The Morgan fingerprint density at radius 3 is 2.87 bits per heavy atom. The predicted molar refractivity (Wildman–Crippen MR) is 112 cm³/mol. The van der Waals surface area contributed by atoms with Crippen LogP contribution >= 0.6 is 11.6 Å². The van der Waals surface area contributed by atoms with Gasteiger partial charge in [0, 0.05) is 35.9 Å².